The number of benzene rings is 2. The maximum absolute atomic E-state index is 12.7. The normalized spacial score (nSPS) is 11.5. The summed E-state index contributed by atoms with van der Waals surface area (Å²) < 4.78 is 67.4. The van der Waals surface area contributed by atoms with E-state index in [0.29, 0.717) is 17.2 Å². The highest BCUT2D eigenvalue weighted by Gasteiger charge is 2.30. The summed E-state index contributed by atoms with van der Waals surface area (Å²) in [5.41, 5.74) is 3.52. The molecule has 0 aliphatic carbocycles. The van der Waals surface area contributed by atoms with Crippen LogP contribution in [0.3, 0.4) is 0 Å². The standard InChI is InChI=1S/C20H14F3N5.C6H6O3S/c1-12-18(13-9-17-16(25-10-13)3-2-8-24-17)26-11-27-19(12)28-15-6-4-14(5-7-15)20(21,22)23;7-10(8,9)6-4-2-1-3-5-6/h2-11H,1H3,(H,26,27,28);1-5H,(H,7,8,9). The molecule has 5 aromatic rings. The Labute approximate surface area is 216 Å². The van der Waals surface area contributed by atoms with Crippen LogP contribution in [0.25, 0.3) is 22.3 Å². The van der Waals surface area contributed by atoms with E-state index < -0.39 is 21.9 Å². The molecule has 3 aromatic heterocycles. The second kappa shape index (κ2) is 10.9. The van der Waals surface area contributed by atoms with Crippen molar-refractivity contribution in [1.29, 1.82) is 0 Å². The van der Waals surface area contributed by atoms with Gasteiger partial charge in [-0.1, -0.05) is 18.2 Å². The summed E-state index contributed by atoms with van der Waals surface area (Å²) in [6, 6.07) is 17.8. The van der Waals surface area contributed by atoms with Crippen molar-refractivity contribution in [1.82, 2.24) is 19.9 Å². The highest BCUT2D eigenvalue weighted by molar-refractivity contribution is 7.85. The molecule has 0 aliphatic heterocycles. The van der Waals surface area contributed by atoms with Crippen molar-refractivity contribution in [2.75, 3.05) is 5.32 Å². The molecule has 0 amide bonds. The molecule has 0 spiro atoms. The molecule has 3 heterocycles. The fraction of sp³-hybridized carbons (Fsp3) is 0.0769. The van der Waals surface area contributed by atoms with Gasteiger partial charge >= 0.3 is 6.18 Å². The monoisotopic (exact) mass is 539 g/mol. The van der Waals surface area contributed by atoms with Crippen molar-refractivity contribution in [2.45, 2.75) is 18.0 Å². The molecule has 0 bridgehead atoms. The van der Waals surface area contributed by atoms with Gasteiger partial charge in [-0.25, -0.2) is 9.97 Å². The van der Waals surface area contributed by atoms with E-state index in [4.69, 9.17) is 4.55 Å². The molecule has 0 fully saturated rings. The minimum atomic E-state index is -4.37. The lowest BCUT2D eigenvalue weighted by Gasteiger charge is -2.13. The average molecular weight is 540 g/mol. The van der Waals surface area contributed by atoms with Crippen LogP contribution in [0.1, 0.15) is 11.1 Å². The largest absolute Gasteiger partial charge is 0.416 e. The lowest BCUT2D eigenvalue weighted by molar-refractivity contribution is -0.137. The second-order valence-corrected chi connectivity index (χ2v) is 9.37. The van der Waals surface area contributed by atoms with E-state index in [2.05, 4.69) is 25.3 Å². The predicted molar refractivity (Wildman–Crippen MR) is 136 cm³/mol. The van der Waals surface area contributed by atoms with Gasteiger partial charge in [-0.2, -0.15) is 21.6 Å². The molecular weight excluding hydrogens is 519 g/mol. The van der Waals surface area contributed by atoms with E-state index >= 15 is 0 Å². The van der Waals surface area contributed by atoms with Crippen LogP contribution in [-0.4, -0.2) is 32.9 Å². The summed E-state index contributed by atoms with van der Waals surface area (Å²) in [5, 5.41) is 3.04. The predicted octanol–water partition coefficient (Wildman–Crippen LogP) is 6.09. The van der Waals surface area contributed by atoms with E-state index in [-0.39, 0.29) is 4.90 Å². The third kappa shape index (κ3) is 6.47. The molecule has 0 saturated carbocycles. The molecule has 0 radical (unpaired) electrons. The van der Waals surface area contributed by atoms with Crippen LogP contribution in [0, 0.1) is 6.92 Å². The van der Waals surface area contributed by atoms with Gasteiger partial charge in [0.1, 0.15) is 12.1 Å². The quantitative estimate of drug-likeness (QED) is 0.264. The van der Waals surface area contributed by atoms with Crippen LogP contribution in [0.5, 0.6) is 0 Å². The fourth-order valence-electron chi connectivity index (χ4n) is 3.42. The molecule has 5 rings (SSSR count). The van der Waals surface area contributed by atoms with Crippen LogP contribution in [0.15, 0.2) is 96.4 Å². The highest BCUT2D eigenvalue weighted by atomic mass is 32.2. The molecule has 0 atom stereocenters. The maximum atomic E-state index is 12.7. The molecule has 0 unspecified atom stereocenters. The van der Waals surface area contributed by atoms with E-state index in [9.17, 15) is 21.6 Å². The average Bonchev–Trinajstić information content (AvgIpc) is 2.90. The topological polar surface area (TPSA) is 118 Å². The Morgan fingerprint density at radius 3 is 2.18 bits per heavy atom. The van der Waals surface area contributed by atoms with Crippen molar-refractivity contribution < 1.29 is 26.1 Å². The zero-order valence-corrected chi connectivity index (χ0v) is 20.6. The van der Waals surface area contributed by atoms with Gasteiger partial charge in [-0.3, -0.25) is 14.5 Å². The molecule has 8 nitrogen and oxygen atoms in total. The van der Waals surface area contributed by atoms with Gasteiger partial charge in [-0.05, 0) is 61.5 Å². The zero-order valence-electron chi connectivity index (χ0n) is 19.8. The molecular formula is C26H20F3N5O3S. The number of rotatable bonds is 4. The molecule has 2 N–H and O–H groups in total. The van der Waals surface area contributed by atoms with Gasteiger partial charge in [0, 0.05) is 29.2 Å². The summed E-state index contributed by atoms with van der Waals surface area (Å²) in [6.07, 6.45) is 0.435. The van der Waals surface area contributed by atoms with Crippen molar-refractivity contribution in [3.8, 4) is 11.3 Å². The SMILES string of the molecule is Cc1c(Nc2ccc(C(F)(F)F)cc2)ncnc1-c1cnc2cccnc2c1.O=S(=O)(O)c1ccccc1. The summed E-state index contributed by atoms with van der Waals surface area (Å²) in [6.45, 7) is 1.84. The number of hydrogen-bond donors (Lipinski definition) is 2. The lowest BCUT2D eigenvalue weighted by atomic mass is 10.1. The van der Waals surface area contributed by atoms with Gasteiger partial charge in [0.2, 0.25) is 0 Å². The number of aromatic nitrogens is 4. The first-order chi connectivity index (χ1) is 18.0. The van der Waals surface area contributed by atoms with Crippen LogP contribution < -0.4 is 5.32 Å². The van der Waals surface area contributed by atoms with Crippen LogP contribution >= 0.6 is 0 Å². The smallest absolute Gasteiger partial charge is 0.340 e. The fourth-order valence-corrected chi connectivity index (χ4v) is 3.92. The van der Waals surface area contributed by atoms with Gasteiger partial charge in [0.25, 0.3) is 10.1 Å². The number of anilines is 2. The number of pyridine rings is 2. The summed E-state index contributed by atoms with van der Waals surface area (Å²) >= 11 is 0. The number of hydrogen-bond acceptors (Lipinski definition) is 7. The zero-order chi connectivity index (χ0) is 27.3. The Bertz CT molecular complexity index is 1660. The first kappa shape index (κ1) is 26.6. The highest BCUT2D eigenvalue weighted by Crippen LogP contribution is 2.31. The Balaban J connectivity index is 0.000000283. The van der Waals surface area contributed by atoms with Crippen molar-refractivity contribution in [3.05, 3.63) is 103 Å². The minimum Gasteiger partial charge on any atom is -0.340 e. The van der Waals surface area contributed by atoms with Crippen LogP contribution in [-0.2, 0) is 16.3 Å². The first-order valence-electron chi connectivity index (χ1n) is 11.0. The summed E-state index contributed by atoms with van der Waals surface area (Å²) in [4.78, 5) is 17.2. The molecule has 12 heteroatoms. The van der Waals surface area contributed by atoms with Crippen molar-refractivity contribution >= 4 is 32.7 Å². The van der Waals surface area contributed by atoms with Crippen LogP contribution in [0.4, 0.5) is 24.7 Å². The minimum absolute atomic E-state index is 0.0741. The molecule has 38 heavy (non-hydrogen) atoms. The molecule has 0 aliphatic rings. The number of fused-ring (bicyclic) bond motifs is 1. The molecule has 2 aromatic carbocycles. The van der Waals surface area contributed by atoms with Gasteiger partial charge in [-0.15, -0.1) is 0 Å². The first-order valence-corrected chi connectivity index (χ1v) is 12.5. The Morgan fingerprint density at radius 2 is 1.55 bits per heavy atom. The van der Waals surface area contributed by atoms with Crippen molar-refractivity contribution in [2.24, 2.45) is 0 Å². The lowest BCUT2D eigenvalue weighted by Crippen LogP contribution is -2.05. The summed E-state index contributed by atoms with van der Waals surface area (Å²) in [5.74, 6) is 0.505. The van der Waals surface area contributed by atoms with Crippen molar-refractivity contribution in [3.63, 3.8) is 0 Å². The van der Waals surface area contributed by atoms with Gasteiger partial charge in [0.05, 0.1) is 27.2 Å². The Kier molecular flexibility index (Phi) is 7.65. The summed E-state index contributed by atoms with van der Waals surface area (Å²) in [7, 11) is -4.00. The number of nitrogens with zero attached hydrogens (tertiary/aromatic N) is 4. The maximum Gasteiger partial charge on any atom is 0.416 e. The Morgan fingerprint density at radius 1 is 0.842 bits per heavy atom. The number of nitrogens with one attached hydrogen (secondary N) is 1. The van der Waals surface area contributed by atoms with E-state index in [1.54, 1.807) is 30.6 Å². The number of halogens is 3. The van der Waals surface area contributed by atoms with E-state index in [1.165, 1.54) is 30.6 Å². The van der Waals surface area contributed by atoms with E-state index in [1.807, 2.05) is 25.1 Å². The second-order valence-electron chi connectivity index (χ2n) is 7.95. The number of alkyl halides is 3. The Hall–Kier alpha value is -4.42. The third-order valence-electron chi connectivity index (χ3n) is 5.32. The molecule has 194 valence electrons. The van der Waals surface area contributed by atoms with Crippen LogP contribution in [0.2, 0.25) is 0 Å². The van der Waals surface area contributed by atoms with Gasteiger partial charge < -0.3 is 5.32 Å². The third-order valence-corrected chi connectivity index (χ3v) is 6.19. The van der Waals surface area contributed by atoms with E-state index in [0.717, 1.165) is 34.3 Å². The van der Waals surface area contributed by atoms with Gasteiger partial charge in [0.15, 0.2) is 0 Å². The molecule has 0 saturated heterocycles.